The van der Waals surface area contributed by atoms with Crippen molar-refractivity contribution in [3.63, 3.8) is 0 Å². The van der Waals surface area contributed by atoms with Gasteiger partial charge in [-0.05, 0) is 57.3 Å². The Bertz CT molecular complexity index is 842. The number of aromatic nitrogens is 4. The van der Waals surface area contributed by atoms with Crippen molar-refractivity contribution in [2.75, 3.05) is 0 Å². The van der Waals surface area contributed by atoms with Crippen molar-refractivity contribution in [3.05, 3.63) is 68.1 Å². The summed E-state index contributed by atoms with van der Waals surface area (Å²) in [5.74, 6) is 0.777. The number of halogens is 1. The minimum absolute atomic E-state index is 0.289. The highest BCUT2D eigenvalue weighted by Gasteiger charge is 2.14. The molecular formula is C15H13IN4O2. The molecule has 6 nitrogen and oxygen atoms in total. The van der Waals surface area contributed by atoms with E-state index in [1.165, 1.54) is 9.36 Å². The maximum absolute atomic E-state index is 12.1. The van der Waals surface area contributed by atoms with Gasteiger partial charge in [0.2, 0.25) is 0 Å². The largest absolute Gasteiger partial charge is 0.489 e. The zero-order chi connectivity index (χ0) is 15.5. The number of benzene rings is 2. The lowest BCUT2D eigenvalue weighted by Crippen LogP contribution is -2.23. The molecule has 1 heterocycles. The van der Waals surface area contributed by atoms with Crippen LogP contribution in [0.1, 0.15) is 5.56 Å². The van der Waals surface area contributed by atoms with Gasteiger partial charge in [0.15, 0.2) is 0 Å². The molecule has 3 rings (SSSR count). The van der Waals surface area contributed by atoms with E-state index in [9.17, 15) is 4.79 Å². The zero-order valence-corrected chi connectivity index (χ0v) is 14.0. The van der Waals surface area contributed by atoms with Gasteiger partial charge in [-0.25, -0.2) is 4.79 Å². The van der Waals surface area contributed by atoms with Crippen molar-refractivity contribution in [2.24, 2.45) is 7.05 Å². The summed E-state index contributed by atoms with van der Waals surface area (Å²) in [6.45, 7) is 0.349. The molecule has 22 heavy (non-hydrogen) atoms. The molecule has 0 spiro atoms. The molecular weight excluding hydrogens is 395 g/mol. The first kappa shape index (κ1) is 14.8. The highest BCUT2D eigenvalue weighted by molar-refractivity contribution is 14.1. The normalized spacial score (nSPS) is 10.6. The Hall–Kier alpha value is -2.16. The summed E-state index contributed by atoms with van der Waals surface area (Å²) >= 11 is 2.22. The van der Waals surface area contributed by atoms with Crippen LogP contribution < -0.4 is 10.4 Å². The van der Waals surface area contributed by atoms with Crippen LogP contribution in [0.2, 0.25) is 0 Å². The standard InChI is InChI=1S/C15H13IN4O2/c1-19-15(21)20(18-17-19)14-9-5-8-13(16)12(14)10-22-11-6-3-2-4-7-11/h2-9H,10H2,1H3. The van der Waals surface area contributed by atoms with E-state index >= 15 is 0 Å². The zero-order valence-electron chi connectivity index (χ0n) is 11.8. The quantitative estimate of drug-likeness (QED) is 0.621. The monoisotopic (exact) mass is 408 g/mol. The van der Waals surface area contributed by atoms with Gasteiger partial charge < -0.3 is 4.74 Å². The first-order valence-corrected chi connectivity index (χ1v) is 7.69. The van der Waals surface area contributed by atoms with E-state index in [1.54, 1.807) is 7.05 Å². The highest BCUT2D eigenvalue weighted by atomic mass is 127. The summed E-state index contributed by atoms with van der Waals surface area (Å²) in [5.41, 5.74) is 1.29. The molecule has 0 saturated carbocycles. The molecule has 0 atom stereocenters. The Balaban J connectivity index is 1.97. The average molecular weight is 408 g/mol. The van der Waals surface area contributed by atoms with E-state index in [1.807, 2.05) is 48.5 Å². The molecule has 0 unspecified atom stereocenters. The van der Waals surface area contributed by atoms with Crippen LogP contribution in [0.25, 0.3) is 5.69 Å². The van der Waals surface area contributed by atoms with Crippen molar-refractivity contribution in [1.29, 1.82) is 0 Å². The smallest absolute Gasteiger partial charge is 0.368 e. The number of para-hydroxylation sites is 1. The van der Waals surface area contributed by atoms with Gasteiger partial charge in [0.25, 0.3) is 0 Å². The van der Waals surface area contributed by atoms with Crippen LogP contribution in [0.3, 0.4) is 0 Å². The van der Waals surface area contributed by atoms with Gasteiger partial charge in [-0.1, -0.05) is 24.3 Å². The third-order valence-electron chi connectivity index (χ3n) is 3.17. The molecule has 0 aliphatic carbocycles. The second-order valence-electron chi connectivity index (χ2n) is 4.64. The van der Waals surface area contributed by atoms with Gasteiger partial charge in [-0.15, -0.1) is 0 Å². The number of ether oxygens (including phenoxy) is 1. The average Bonchev–Trinajstić information content (AvgIpc) is 2.86. The van der Waals surface area contributed by atoms with E-state index in [4.69, 9.17) is 4.74 Å². The van der Waals surface area contributed by atoms with Crippen molar-refractivity contribution in [2.45, 2.75) is 6.61 Å². The van der Waals surface area contributed by atoms with Gasteiger partial charge in [-0.3, -0.25) is 0 Å². The van der Waals surface area contributed by atoms with Gasteiger partial charge >= 0.3 is 5.69 Å². The van der Waals surface area contributed by atoms with Crippen molar-refractivity contribution >= 4 is 22.6 Å². The Morgan fingerprint density at radius 3 is 2.55 bits per heavy atom. The summed E-state index contributed by atoms with van der Waals surface area (Å²) < 4.78 is 9.29. The van der Waals surface area contributed by atoms with E-state index in [0.29, 0.717) is 12.3 Å². The molecule has 0 N–H and O–H groups in total. The van der Waals surface area contributed by atoms with Gasteiger partial charge in [-0.2, -0.15) is 9.36 Å². The minimum atomic E-state index is -0.289. The Labute approximate surface area is 140 Å². The maximum atomic E-state index is 12.1. The van der Waals surface area contributed by atoms with E-state index < -0.39 is 0 Å². The number of hydrogen-bond donors (Lipinski definition) is 0. The van der Waals surface area contributed by atoms with Gasteiger partial charge in [0, 0.05) is 16.2 Å². The summed E-state index contributed by atoms with van der Waals surface area (Å²) in [6.07, 6.45) is 0. The molecule has 0 aliphatic heterocycles. The van der Waals surface area contributed by atoms with Crippen LogP contribution in [0.15, 0.2) is 53.3 Å². The molecule has 0 aliphatic rings. The van der Waals surface area contributed by atoms with Crippen LogP contribution in [0.4, 0.5) is 0 Å². The lowest BCUT2D eigenvalue weighted by atomic mass is 10.2. The first-order chi connectivity index (χ1) is 10.7. The molecule has 2 aromatic carbocycles. The van der Waals surface area contributed by atoms with E-state index in [0.717, 1.165) is 14.9 Å². The molecule has 7 heteroatoms. The van der Waals surface area contributed by atoms with Crippen LogP contribution in [0.5, 0.6) is 5.75 Å². The van der Waals surface area contributed by atoms with Crippen molar-refractivity contribution < 1.29 is 4.74 Å². The van der Waals surface area contributed by atoms with E-state index in [2.05, 4.69) is 33.0 Å². The number of tetrazole rings is 1. The van der Waals surface area contributed by atoms with Crippen molar-refractivity contribution in [1.82, 2.24) is 19.8 Å². The maximum Gasteiger partial charge on any atom is 0.368 e. The molecule has 1 aromatic heterocycles. The predicted octanol–water partition coefficient (Wildman–Crippen LogP) is 2.15. The third-order valence-corrected chi connectivity index (χ3v) is 4.18. The number of nitrogens with zero attached hydrogens (tertiary/aromatic N) is 4. The topological polar surface area (TPSA) is 61.9 Å². The highest BCUT2D eigenvalue weighted by Crippen LogP contribution is 2.21. The Kier molecular flexibility index (Phi) is 4.23. The molecule has 112 valence electrons. The lowest BCUT2D eigenvalue weighted by Gasteiger charge is -2.12. The molecule has 0 bridgehead atoms. The van der Waals surface area contributed by atoms with Gasteiger partial charge in [0.05, 0.1) is 5.69 Å². The van der Waals surface area contributed by atoms with Crippen LogP contribution in [-0.2, 0) is 13.7 Å². The molecule has 0 amide bonds. The number of hydrogen-bond acceptors (Lipinski definition) is 4. The Morgan fingerprint density at radius 2 is 1.86 bits per heavy atom. The molecule has 0 fully saturated rings. The van der Waals surface area contributed by atoms with Crippen LogP contribution >= 0.6 is 22.6 Å². The van der Waals surface area contributed by atoms with Gasteiger partial charge in [0.1, 0.15) is 12.4 Å². The summed E-state index contributed by atoms with van der Waals surface area (Å²) in [4.78, 5) is 12.1. The fraction of sp³-hybridized carbons (Fsp3) is 0.133. The minimum Gasteiger partial charge on any atom is -0.489 e. The molecule has 0 saturated heterocycles. The summed E-state index contributed by atoms with van der Waals surface area (Å²) in [7, 11) is 1.57. The first-order valence-electron chi connectivity index (χ1n) is 6.61. The Morgan fingerprint density at radius 1 is 1.09 bits per heavy atom. The third kappa shape index (κ3) is 2.89. The van der Waals surface area contributed by atoms with Crippen LogP contribution in [0, 0.1) is 3.57 Å². The van der Waals surface area contributed by atoms with Crippen molar-refractivity contribution in [3.8, 4) is 11.4 Å². The SMILES string of the molecule is Cn1nnn(-c2cccc(I)c2COc2ccccc2)c1=O. The summed E-state index contributed by atoms with van der Waals surface area (Å²) in [6, 6.07) is 15.2. The fourth-order valence-corrected chi connectivity index (χ4v) is 2.67. The summed E-state index contributed by atoms with van der Waals surface area (Å²) in [5, 5.41) is 7.66. The molecule has 3 aromatic rings. The predicted molar refractivity (Wildman–Crippen MR) is 90.1 cm³/mol. The van der Waals surface area contributed by atoms with Crippen LogP contribution in [-0.4, -0.2) is 19.8 Å². The number of rotatable bonds is 4. The molecule has 0 radical (unpaired) electrons. The number of aryl methyl sites for hydroxylation is 1. The fourth-order valence-electron chi connectivity index (χ4n) is 2.03. The lowest BCUT2D eigenvalue weighted by molar-refractivity contribution is 0.304. The van der Waals surface area contributed by atoms with E-state index in [-0.39, 0.29) is 5.69 Å². The second kappa shape index (κ2) is 6.30. The second-order valence-corrected chi connectivity index (χ2v) is 5.80.